The molecule has 0 bridgehead atoms. The van der Waals surface area contributed by atoms with Crippen LogP contribution < -0.4 is 5.32 Å². The van der Waals surface area contributed by atoms with Crippen molar-refractivity contribution in [2.45, 2.75) is 13.5 Å². The van der Waals surface area contributed by atoms with E-state index in [9.17, 15) is 0 Å². The van der Waals surface area contributed by atoms with Crippen LogP contribution in [0.4, 0.5) is 5.82 Å². The second kappa shape index (κ2) is 5.21. The lowest BCUT2D eigenvalue weighted by molar-refractivity contribution is 0.769. The van der Waals surface area contributed by atoms with E-state index in [-0.39, 0.29) is 0 Å². The SMILES string of the molecule is Cc1ccccc1-c1cc(NCc2ncc[nH]2)n(C)n1. The van der Waals surface area contributed by atoms with Crippen molar-refractivity contribution in [3.63, 3.8) is 0 Å². The molecule has 0 saturated carbocycles. The molecule has 0 aliphatic heterocycles. The minimum Gasteiger partial charge on any atom is -0.363 e. The normalized spacial score (nSPS) is 10.7. The number of anilines is 1. The van der Waals surface area contributed by atoms with E-state index in [2.05, 4.69) is 45.5 Å². The molecule has 0 amide bonds. The Balaban J connectivity index is 1.82. The zero-order chi connectivity index (χ0) is 13.9. The predicted molar refractivity (Wildman–Crippen MR) is 79.3 cm³/mol. The van der Waals surface area contributed by atoms with Crippen LogP contribution in [0.15, 0.2) is 42.7 Å². The molecule has 0 radical (unpaired) electrons. The van der Waals surface area contributed by atoms with Crippen LogP contribution in [0.2, 0.25) is 0 Å². The number of hydrogen-bond acceptors (Lipinski definition) is 3. The lowest BCUT2D eigenvalue weighted by Gasteiger charge is -2.03. The van der Waals surface area contributed by atoms with Crippen molar-refractivity contribution in [1.82, 2.24) is 19.7 Å². The molecule has 5 heteroatoms. The van der Waals surface area contributed by atoms with Crippen molar-refractivity contribution in [1.29, 1.82) is 0 Å². The topological polar surface area (TPSA) is 58.5 Å². The van der Waals surface area contributed by atoms with Crippen molar-refractivity contribution in [3.05, 3.63) is 54.1 Å². The highest BCUT2D eigenvalue weighted by Crippen LogP contribution is 2.24. The number of nitrogens with one attached hydrogen (secondary N) is 2. The molecule has 0 atom stereocenters. The third-order valence-electron chi connectivity index (χ3n) is 3.29. The molecular weight excluding hydrogens is 250 g/mol. The van der Waals surface area contributed by atoms with Crippen LogP contribution in [0.25, 0.3) is 11.3 Å². The number of aryl methyl sites for hydroxylation is 2. The molecule has 1 aromatic carbocycles. The summed E-state index contributed by atoms with van der Waals surface area (Å²) in [7, 11) is 1.94. The van der Waals surface area contributed by atoms with Gasteiger partial charge in [-0.2, -0.15) is 5.10 Å². The second-order valence-electron chi connectivity index (χ2n) is 4.74. The van der Waals surface area contributed by atoms with Crippen molar-refractivity contribution in [2.24, 2.45) is 7.05 Å². The van der Waals surface area contributed by atoms with Gasteiger partial charge in [-0.1, -0.05) is 24.3 Å². The van der Waals surface area contributed by atoms with Crippen LogP contribution in [0, 0.1) is 6.92 Å². The minimum absolute atomic E-state index is 0.653. The summed E-state index contributed by atoms with van der Waals surface area (Å²) in [4.78, 5) is 7.26. The molecule has 2 heterocycles. The van der Waals surface area contributed by atoms with Crippen LogP contribution in [-0.4, -0.2) is 19.7 Å². The predicted octanol–water partition coefficient (Wildman–Crippen LogP) is 2.73. The zero-order valence-electron chi connectivity index (χ0n) is 11.6. The Bertz CT molecular complexity index is 697. The van der Waals surface area contributed by atoms with Gasteiger partial charge in [0.25, 0.3) is 0 Å². The molecule has 5 nitrogen and oxygen atoms in total. The molecule has 0 fully saturated rings. The summed E-state index contributed by atoms with van der Waals surface area (Å²) in [5.41, 5.74) is 3.37. The van der Waals surface area contributed by atoms with E-state index >= 15 is 0 Å². The van der Waals surface area contributed by atoms with Gasteiger partial charge in [0.05, 0.1) is 12.2 Å². The summed E-state index contributed by atoms with van der Waals surface area (Å²) in [5.74, 6) is 1.88. The first-order chi connectivity index (χ1) is 9.74. The Labute approximate surface area is 117 Å². The standard InChI is InChI=1S/C15H17N5/c1-11-5-3-4-6-12(11)13-9-15(20(2)19-13)18-10-14-16-7-8-17-14/h3-9,18H,10H2,1-2H3,(H,16,17). The van der Waals surface area contributed by atoms with Gasteiger partial charge in [-0.15, -0.1) is 0 Å². The highest BCUT2D eigenvalue weighted by Gasteiger charge is 2.09. The van der Waals surface area contributed by atoms with Gasteiger partial charge in [0.15, 0.2) is 0 Å². The van der Waals surface area contributed by atoms with Gasteiger partial charge < -0.3 is 10.3 Å². The maximum absolute atomic E-state index is 4.57. The lowest BCUT2D eigenvalue weighted by atomic mass is 10.1. The second-order valence-corrected chi connectivity index (χ2v) is 4.74. The van der Waals surface area contributed by atoms with E-state index in [1.807, 2.05) is 30.1 Å². The van der Waals surface area contributed by atoms with Crippen molar-refractivity contribution in [3.8, 4) is 11.3 Å². The Morgan fingerprint density at radius 1 is 1.30 bits per heavy atom. The van der Waals surface area contributed by atoms with Crippen LogP contribution in [0.1, 0.15) is 11.4 Å². The number of aromatic nitrogens is 4. The number of H-pyrrole nitrogens is 1. The largest absolute Gasteiger partial charge is 0.363 e. The Morgan fingerprint density at radius 2 is 2.15 bits per heavy atom. The molecule has 20 heavy (non-hydrogen) atoms. The first-order valence-electron chi connectivity index (χ1n) is 6.56. The van der Waals surface area contributed by atoms with Crippen molar-refractivity contribution in [2.75, 3.05) is 5.32 Å². The van der Waals surface area contributed by atoms with Gasteiger partial charge >= 0.3 is 0 Å². The molecule has 0 spiro atoms. The molecule has 3 aromatic rings. The maximum atomic E-state index is 4.57. The third-order valence-corrected chi connectivity index (χ3v) is 3.29. The number of rotatable bonds is 4. The zero-order valence-corrected chi connectivity index (χ0v) is 11.6. The number of aromatic amines is 1. The van der Waals surface area contributed by atoms with Crippen molar-refractivity contribution >= 4 is 5.82 Å². The molecule has 3 rings (SSSR count). The fourth-order valence-corrected chi connectivity index (χ4v) is 2.19. The molecule has 0 saturated heterocycles. The molecule has 2 aromatic heterocycles. The Hall–Kier alpha value is -2.56. The highest BCUT2D eigenvalue weighted by molar-refractivity contribution is 5.66. The molecule has 0 aliphatic rings. The maximum Gasteiger partial charge on any atom is 0.125 e. The van der Waals surface area contributed by atoms with Gasteiger partial charge in [-0.3, -0.25) is 4.68 Å². The number of benzene rings is 1. The summed E-state index contributed by atoms with van der Waals surface area (Å²) in [5, 5.41) is 7.90. The highest BCUT2D eigenvalue weighted by atomic mass is 15.3. The third kappa shape index (κ3) is 2.42. The van der Waals surface area contributed by atoms with E-state index in [0.29, 0.717) is 6.54 Å². The van der Waals surface area contributed by atoms with Crippen LogP contribution in [0.5, 0.6) is 0 Å². The molecular formula is C15H17N5. The van der Waals surface area contributed by atoms with Gasteiger partial charge in [0, 0.05) is 31.1 Å². The smallest absolute Gasteiger partial charge is 0.125 e. The van der Waals surface area contributed by atoms with E-state index in [1.165, 1.54) is 5.56 Å². The summed E-state index contributed by atoms with van der Waals surface area (Å²) < 4.78 is 1.85. The van der Waals surface area contributed by atoms with Crippen LogP contribution in [0.3, 0.4) is 0 Å². The average molecular weight is 267 g/mol. The van der Waals surface area contributed by atoms with Crippen molar-refractivity contribution < 1.29 is 0 Å². The van der Waals surface area contributed by atoms with E-state index in [1.54, 1.807) is 6.20 Å². The molecule has 102 valence electrons. The lowest BCUT2D eigenvalue weighted by Crippen LogP contribution is -2.05. The van der Waals surface area contributed by atoms with E-state index < -0.39 is 0 Å². The number of nitrogens with zero attached hydrogens (tertiary/aromatic N) is 3. The molecule has 0 aliphatic carbocycles. The van der Waals surface area contributed by atoms with Gasteiger partial charge in [0.1, 0.15) is 11.6 Å². The summed E-state index contributed by atoms with van der Waals surface area (Å²) in [6.45, 7) is 2.75. The minimum atomic E-state index is 0.653. The fourth-order valence-electron chi connectivity index (χ4n) is 2.19. The van der Waals surface area contributed by atoms with Crippen LogP contribution >= 0.6 is 0 Å². The summed E-state index contributed by atoms with van der Waals surface area (Å²) >= 11 is 0. The average Bonchev–Trinajstić information content (AvgIpc) is 3.07. The number of imidazole rings is 1. The Morgan fingerprint density at radius 3 is 2.90 bits per heavy atom. The monoisotopic (exact) mass is 267 g/mol. The first kappa shape index (κ1) is 12.5. The number of hydrogen-bond donors (Lipinski definition) is 2. The Kier molecular flexibility index (Phi) is 3.25. The first-order valence-corrected chi connectivity index (χ1v) is 6.56. The quantitative estimate of drug-likeness (QED) is 0.764. The van der Waals surface area contributed by atoms with E-state index in [0.717, 1.165) is 22.9 Å². The van der Waals surface area contributed by atoms with Crippen LogP contribution in [-0.2, 0) is 13.6 Å². The van der Waals surface area contributed by atoms with Gasteiger partial charge in [-0.25, -0.2) is 4.98 Å². The summed E-state index contributed by atoms with van der Waals surface area (Å²) in [6, 6.07) is 10.3. The van der Waals surface area contributed by atoms with Gasteiger partial charge in [0.2, 0.25) is 0 Å². The van der Waals surface area contributed by atoms with E-state index in [4.69, 9.17) is 0 Å². The summed E-state index contributed by atoms with van der Waals surface area (Å²) in [6.07, 6.45) is 3.57. The molecule has 2 N–H and O–H groups in total. The molecule has 0 unspecified atom stereocenters. The fraction of sp³-hybridized carbons (Fsp3) is 0.200. The van der Waals surface area contributed by atoms with Gasteiger partial charge in [-0.05, 0) is 12.5 Å².